The number of hydrogen-bond donors (Lipinski definition) is 0. The van der Waals surface area contributed by atoms with E-state index in [9.17, 15) is 25.2 Å². The number of aryl methyl sites for hydroxylation is 1. The Kier molecular flexibility index (Phi) is 4.85. The maximum absolute atomic E-state index is 10.7. The van der Waals surface area contributed by atoms with E-state index < -0.39 is 7.81 Å². The molecule has 2 aromatic carbocycles. The molecule has 0 amide bonds. The fourth-order valence-electron chi connectivity index (χ4n) is 2.11. The maximum atomic E-state index is 9.87. The molecule has 0 bridgehead atoms. The van der Waals surface area contributed by atoms with E-state index in [2.05, 4.69) is 30.5 Å². The van der Waals surface area contributed by atoms with Crippen molar-refractivity contribution in [1.82, 2.24) is 4.98 Å². The molecule has 140 valence electrons. The van der Waals surface area contributed by atoms with Crippen molar-refractivity contribution >= 4 is 7.81 Å². The monoisotopic (exact) mass is 392 g/mol. The molecular weight excluding hydrogens is 377 g/mol. The van der Waals surface area contributed by atoms with E-state index in [1.165, 1.54) is 0 Å². The van der Waals surface area contributed by atoms with Gasteiger partial charge in [0.2, 0.25) is 0 Å². The van der Waals surface area contributed by atoms with Crippen LogP contribution in [0.5, 0.6) is 0 Å². The van der Waals surface area contributed by atoms with Crippen molar-refractivity contribution in [3.8, 4) is 22.6 Å². The number of halogens is 6. The van der Waals surface area contributed by atoms with Crippen LogP contribution in [0.2, 0.25) is 0 Å². The van der Waals surface area contributed by atoms with Gasteiger partial charge >= 0.3 is 38.8 Å². The van der Waals surface area contributed by atoms with Crippen molar-refractivity contribution in [2.45, 2.75) is 0 Å². The fraction of sp³-hybridized carbons (Fsp3) is 0.0588. The molecule has 0 unspecified atom stereocenters. The van der Waals surface area contributed by atoms with Crippen molar-refractivity contribution in [2.75, 3.05) is 0 Å². The van der Waals surface area contributed by atoms with E-state index in [-0.39, 0.29) is 0 Å². The average molecular weight is 392 g/mol. The fourth-order valence-corrected chi connectivity index (χ4v) is 2.11. The Morgan fingerprint density at radius 1 is 0.692 bits per heavy atom. The summed E-state index contributed by atoms with van der Waals surface area (Å²) in [5, 5.41) is 0. The van der Waals surface area contributed by atoms with Gasteiger partial charge in [-0.15, -0.1) is 0 Å². The number of benzene rings is 2. The standard InChI is InChI=1S/C17H15N2.F6P/c1-19-13-12-16(14-8-4-2-5-9-14)18-17(19)15-10-6-3-7-11-15;1-7(2,3,4,5)6/h2-13H,1H3;/q+1;-1. The second-order valence-corrected chi connectivity index (χ2v) is 7.35. The van der Waals surface area contributed by atoms with Crippen LogP contribution >= 0.6 is 7.81 Å². The molecular formula is C17H15F6N2P. The van der Waals surface area contributed by atoms with Crippen LogP contribution in [-0.2, 0) is 7.05 Å². The second kappa shape index (κ2) is 6.36. The summed E-state index contributed by atoms with van der Waals surface area (Å²) in [7, 11) is -8.64. The van der Waals surface area contributed by atoms with Crippen molar-refractivity contribution in [3.63, 3.8) is 0 Å². The Labute approximate surface area is 146 Å². The summed E-state index contributed by atoms with van der Waals surface area (Å²) in [5.41, 5.74) is 3.26. The molecule has 0 saturated carbocycles. The van der Waals surface area contributed by atoms with Gasteiger partial charge in [-0.25, -0.2) is 4.57 Å². The molecule has 0 fully saturated rings. The van der Waals surface area contributed by atoms with E-state index in [0.717, 1.165) is 22.6 Å². The molecule has 3 rings (SSSR count). The molecule has 0 spiro atoms. The van der Waals surface area contributed by atoms with Crippen LogP contribution in [0, 0.1) is 0 Å². The van der Waals surface area contributed by atoms with Crippen LogP contribution in [0.1, 0.15) is 0 Å². The zero-order valence-corrected chi connectivity index (χ0v) is 14.4. The molecule has 0 saturated heterocycles. The van der Waals surface area contributed by atoms with Crippen LogP contribution < -0.4 is 4.57 Å². The summed E-state index contributed by atoms with van der Waals surface area (Å²) in [6.45, 7) is 0. The van der Waals surface area contributed by atoms with Gasteiger partial charge in [0.25, 0.3) is 0 Å². The summed E-state index contributed by atoms with van der Waals surface area (Å²) in [4.78, 5) is 4.78. The Hall–Kier alpha value is -2.47. The van der Waals surface area contributed by atoms with Gasteiger partial charge in [-0.3, -0.25) is 0 Å². The second-order valence-electron chi connectivity index (χ2n) is 5.44. The first-order chi connectivity index (χ1) is 11.8. The quantitative estimate of drug-likeness (QED) is 0.272. The molecule has 2 nitrogen and oxygen atoms in total. The van der Waals surface area contributed by atoms with Gasteiger partial charge in [0.1, 0.15) is 0 Å². The molecule has 9 heteroatoms. The molecule has 0 aliphatic rings. The third kappa shape index (κ3) is 7.61. The minimum atomic E-state index is -10.7. The number of aromatic nitrogens is 2. The topological polar surface area (TPSA) is 16.8 Å². The number of nitrogens with zero attached hydrogens (tertiary/aromatic N) is 2. The number of hydrogen-bond acceptors (Lipinski definition) is 1. The normalized spacial score (nSPS) is 13.8. The average Bonchev–Trinajstić information content (AvgIpc) is 2.54. The minimum absolute atomic E-state index is 0.974. The van der Waals surface area contributed by atoms with Crippen LogP contribution in [0.3, 0.4) is 0 Å². The summed E-state index contributed by atoms with van der Waals surface area (Å²) in [6.07, 6.45) is 2.05. The molecule has 0 radical (unpaired) electrons. The Bertz CT molecular complexity index is 870. The molecule has 0 atom stereocenters. The van der Waals surface area contributed by atoms with Gasteiger partial charge in [0.15, 0.2) is 5.69 Å². The molecule has 0 N–H and O–H groups in total. The SMILES string of the molecule is C[n+]1ccc(-c2ccccc2)nc1-c1ccccc1.F[P-](F)(F)(F)(F)F. The van der Waals surface area contributed by atoms with E-state index in [4.69, 9.17) is 4.98 Å². The predicted octanol–water partition coefficient (Wildman–Crippen LogP) is 6.62. The van der Waals surface area contributed by atoms with Crippen LogP contribution in [0.15, 0.2) is 72.9 Å². The first-order valence-electron chi connectivity index (χ1n) is 7.33. The van der Waals surface area contributed by atoms with E-state index in [0.29, 0.717) is 0 Å². The van der Waals surface area contributed by atoms with Crippen LogP contribution in [-0.4, -0.2) is 4.98 Å². The van der Waals surface area contributed by atoms with Gasteiger partial charge in [0, 0.05) is 11.6 Å². The van der Waals surface area contributed by atoms with Gasteiger partial charge in [0.05, 0.1) is 18.8 Å². The third-order valence-corrected chi connectivity index (χ3v) is 3.12. The summed E-state index contributed by atoms with van der Waals surface area (Å²) >= 11 is 0. The summed E-state index contributed by atoms with van der Waals surface area (Å²) in [5.74, 6) is 0.974. The predicted molar refractivity (Wildman–Crippen MR) is 89.9 cm³/mol. The van der Waals surface area contributed by atoms with E-state index in [1.54, 1.807) is 0 Å². The summed E-state index contributed by atoms with van der Waals surface area (Å²) in [6, 6.07) is 22.5. The Morgan fingerprint density at radius 2 is 1.12 bits per heavy atom. The zero-order chi connectivity index (χ0) is 19.5. The van der Waals surface area contributed by atoms with Gasteiger partial charge in [-0.05, 0) is 17.1 Å². The molecule has 26 heavy (non-hydrogen) atoms. The van der Waals surface area contributed by atoms with Crippen molar-refractivity contribution in [2.24, 2.45) is 7.05 Å². The van der Waals surface area contributed by atoms with Crippen molar-refractivity contribution in [3.05, 3.63) is 72.9 Å². The molecule has 0 aliphatic carbocycles. The van der Waals surface area contributed by atoms with Gasteiger partial charge < -0.3 is 0 Å². The van der Waals surface area contributed by atoms with Crippen molar-refractivity contribution < 1.29 is 29.7 Å². The first kappa shape index (κ1) is 19.8. The van der Waals surface area contributed by atoms with E-state index in [1.807, 2.05) is 54.1 Å². The molecule has 3 aromatic rings. The summed E-state index contributed by atoms with van der Waals surface area (Å²) < 4.78 is 61.2. The third-order valence-electron chi connectivity index (χ3n) is 3.12. The Morgan fingerprint density at radius 3 is 1.58 bits per heavy atom. The van der Waals surface area contributed by atoms with Crippen LogP contribution in [0.4, 0.5) is 25.2 Å². The van der Waals surface area contributed by atoms with Crippen LogP contribution in [0.25, 0.3) is 22.6 Å². The zero-order valence-electron chi connectivity index (χ0n) is 13.5. The first-order valence-corrected chi connectivity index (χ1v) is 9.36. The van der Waals surface area contributed by atoms with Gasteiger partial charge in [-0.1, -0.05) is 48.5 Å². The van der Waals surface area contributed by atoms with E-state index >= 15 is 0 Å². The van der Waals surface area contributed by atoms with Crippen molar-refractivity contribution in [1.29, 1.82) is 0 Å². The Balaban J connectivity index is 0.000000298. The van der Waals surface area contributed by atoms with Gasteiger partial charge in [-0.2, -0.15) is 0 Å². The number of rotatable bonds is 2. The molecule has 1 aromatic heterocycles. The molecule has 0 aliphatic heterocycles. The molecule has 1 heterocycles.